The summed E-state index contributed by atoms with van der Waals surface area (Å²) in [5.41, 5.74) is 0.943. The summed E-state index contributed by atoms with van der Waals surface area (Å²) in [4.78, 5) is 79.2. The van der Waals surface area contributed by atoms with Gasteiger partial charge in [-0.1, -0.05) is 50.6 Å². The summed E-state index contributed by atoms with van der Waals surface area (Å²) < 4.78 is 0. The number of aliphatic imine (C=N–C) groups is 1. The lowest BCUT2D eigenvalue weighted by Crippen LogP contribution is -2.57. The van der Waals surface area contributed by atoms with Crippen LogP contribution < -0.4 is 16.0 Å². The van der Waals surface area contributed by atoms with Crippen LogP contribution in [0.25, 0.3) is 0 Å². The number of rotatable bonds is 5. The van der Waals surface area contributed by atoms with Gasteiger partial charge in [0.1, 0.15) is 34.9 Å². The Bertz CT molecular complexity index is 1550. The van der Waals surface area contributed by atoms with Crippen LogP contribution in [0, 0.1) is 11.8 Å². The van der Waals surface area contributed by atoms with Crippen LogP contribution in [0.5, 0.6) is 0 Å². The van der Waals surface area contributed by atoms with Crippen molar-refractivity contribution < 1.29 is 29.1 Å². The zero-order valence-corrected chi connectivity index (χ0v) is 29.3. The summed E-state index contributed by atoms with van der Waals surface area (Å²) in [6.45, 7) is 7.59. The second-order valence-corrected chi connectivity index (χ2v) is 14.8. The van der Waals surface area contributed by atoms with Crippen molar-refractivity contribution in [2.24, 2.45) is 16.8 Å². The van der Waals surface area contributed by atoms with E-state index in [4.69, 9.17) is 4.99 Å². The van der Waals surface area contributed by atoms with Crippen LogP contribution in [-0.2, 0) is 25.6 Å². The molecule has 0 aliphatic carbocycles. The fourth-order valence-corrected chi connectivity index (χ4v) is 8.45. The number of nitrogens with zero attached hydrogens (tertiary/aromatic N) is 3. The topological polar surface area (TPSA) is 170 Å². The Hall–Kier alpha value is -3.62. The van der Waals surface area contributed by atoms with Crippen molar-refractivity contribution in [3.05, 3.63) is 52.0 Å². The highest BCUT2D eigenvalue weighted by Crippen LogP contribution is 2.33. The molecule has 4 N–H and O–H groups in total. The molecule has 3 aliphatic rings. The van der Waals surface area contributed by atoms with E-state index < -0.39 is 54.0 Å². The maximum atomic E-state index is 14.1. The van der Waals surface area contributed by atoms with Crippen molar-refractivity contribution in [1.29, 1.82) is 0 Å². The van der Waals surface area contributed by atoms with Crippen molar-refractivity contribution in [3.8, 4) is 0 Å². The second kappa shape index (κ2) is 15.7. The molecule has 12 nitrogen and oxygen atoms in total. The molecular formula is C34H44N6O6S2. The number of carbonyl (C=O) groups is 5. The third-order valence-corrected chi connectivity index (χ3v) is 11.6. The minimum atomic E-state index is -1.19. The number of aliphatic hydroxyl groups excluding tert-OH is 1. The van der Waals surface area contributed by atoms with Gasteiger partial charge in [0, 0.05) is 36.4 Å². The maximum Gasteiger partial charge on any atom is 0.271 e. The zero-order valence-electron chi connectivity index (χ0n) is 27.7. The van der Waals surface area contributed by atoms with Gasteiger partial charge in [-0.25, -0.2) is 4.98 Å². The van der Waals surface area contributed by atoms with Gasteiger partial charge in [-0.15, -0.1) is 23.1 Å². The number of ketones is 1. The minimum Gasteiger partial charge on any atom is -0.391 e. The third-order valence-electron chi connectivity index (χ3n) is 9.38. The number of hydrogen-bond acceptors (Lipinski definition) is 10. The maximum absolute atomic E-state index is 14.1. The predicted molar refractivity (Wildman–Crippen MR) is 185 cm³/mol. The van der Waals surface area contributed by atoms with E-state index in [-0.39, 0.29) is 42.1 Å². The monoisotopic (exact) mass is 696 g/mol. The number of aliphatic hydroxyl groups is 1. The molecule has 1 saturated heterocycles. The molecule has 1 unspecified atom stereocenters. The van der Waals surface area contributed by atoms with Gasteiger partial charge in [0.2, 0.25) is 17.7 Å². The molecule has 1 aromatic heterocycles. The largest absolute Gasteiger partial charge is 0.391 e. The van der Waals surface area contributed by atoms with Gasteiger partial charge >= 0.3 is 0 Å². The lowest BCUT2D eigenvalue weighted by Gasteiger charge is -2.31. The Kier molecular flexibility index (Phi) is 11.7. The molecule has 1 aromatic carbocycles. The molecule has 14 heteroatoms. The highest BCUT2D eigenvalue weighted by Gasteiger charge is 2.41. The van der Waals surface area contributed by atoms with Crippen LogP contribution in [0.15, 0.2) is 40.7 Å². The second-order valence-electron chi connectivity index (χ2n) is 12.9. The molecule has 2 aromatic rings. The number of aromatic nitrogens is 1. The number of hydrogen-bond donors (Lipinski definition) is 4. The van der Waals surface area contributed by atoms with Gasteiger partial charge in [0.15, 0.2) is 5.78 Å². The standard InChI is InChI=1S/C34H44N6O6S2/c1-5-18(2)22-15-27(42)28(20(4)41)39-31(45)26-12-9-13-40(26)34(46)23(14-21-10-7-6-8-11-21)36-30(44)25-16-47-32(37-25)19(3)35-29(43)24-17-48-33(22)38-24/h6-8,10-11,16,18-20,22-24,26,28,41H,5,9,12-15,17H2,1-4H3,(H,35,43)(H,36,44)(H,39,45)/t18-,19+,20+,22?,23-,24-,26-,28-/m0/s1. The number of thioether (sulfide) groups is 1. The van der Waals surface area contributed by atoms with Crippen LogP contribution in [0.2, 0.25) is 0 Å². The number of benzene rings is 1. The fourth-order valence-electron chi connectivity index (χ4n) is 6.36. The highest BCUT2D eigenvalue weighted by atomic mass is 32.2. The van der Waals surface area contributed by atoms with Gasteiger partial charge in [-0.05, 0) is 38.2 Å². The van der Waals surface area contributed by atoms with Crippen LogP contribution in [0.3, 0.4) is 0 Å². The molecule has 8 atom stereocenters. The first-order valence-corrected chi connectivity index (χ1v) is 18.5. The zero-order chi connectivity index (χ0) is 34.5. The van der Waals surface area contributed by atoms with E-state index in [9.17, 15) is 29.1 Å². The first-order chi connectivity index (χ1) is 23.0. The number of carbonyl (C=O) groups excluding carboxylic acids is 5. The van der Waals surface area contributed by atoms with Crippen LogP contribution >= 0.6 is 23.1 Å². The summed E-state index contributed by atoms with van der Waals surface area (Å²) in [5.74, 6) is -1.95. The van der Waals surface area contributed by atoms with E-state index in [1.807, 2.05) is 44.2 Å². The van der Waals surface area contributed by atoms with Gasteiger partial charge in [0.05, 0.1) is 17.2 Å². The average molecular weight is 697 g/mol. The average Bonchev–Trinajstić information content (AvgIpc) is 3.86. The van der Waals surface area contributed by atoms with E-state index >= 15 is 0 Å². The molecule has 4 heterocycles. The number of thiazole rings is 1. The Morgan fingerprint density at radius 3 is 2.50 bits per heavy atom. The lowest BCUT2D eigenvalue weighted by molar-refractivity contribution is -0.141. The molecule has 0 saturated carbocycles. The summed E-state index contributed by atoms with van der Waals surface area (Å²) in [5, 5.41) is 22.1. The predicted octanol–water partition coefficient (Wildman–Crippen LogP) is 2.67. The molecule has 48 heavy (non-hydrogen) atoms. The van der Waals surface area contributed by atoms with Gasteiger partial charge in [0.25, 0.3) is 5.91 Å². The van der Waals surface area contributed by atoms with Crippen LogP contribution in [0.4, 0.5) is 0 Å². The Morgan fingerprint density at radius 1 is 1.04 bits per heavy atom. The molecule has 0 spiro atoms. The summed E-state index contributed by atoms with van der Waals surface area (Å²) in [6, 6.07) is 5.06. The molecule has 4 amide bonds. The van der Waals surface area contributed by atoms with Crippen molar-refractivity contribution in [3.63, 3.8) is 0 Å². The Labute approximate surface area is 288 Å². The molecule has 258 valence electrons. The van der Waals surface area contributed by atoms with Crippen molar-refractivity contribution in [1.82, 2.24) is 25.8 Å². The molecular weight excluding hydrogens is 653 g/mol. The molecule has 1 fully saturated rings. The molecule has 0 radical (unpaired) electrons. The van der Waals surface area contributed by atoms with Crippen molar-refractivity contribution in [2.75, 3.05) is 12.3 Å². The normalized spacial score (nSPS) is 28.8. The van der Waals surface area contributed by atoms with Crippen molar-refractivity contribution in [2.45, 2.75) is 96.1 Å². The summed E-state index contributed by atoms with van der Waals surface area (Å²) in [6.07, 6.45) is 0.742. The molecule has 4 bridgehead atoms. The van der Waals surface area contributed by atoms with Gasteiger partial charge < -0.3 is 26.0 Å². The Balaban J connectivity index is 1.50. The highest BCUT2D eigenvalue weighted by molar-refractivity contribution is 8.14. The third kappa shape index (κ3) is 8.15. The lowest BCUT2D eigenvalue weighted by atomic mass is 9.86. The van der Waals surface area contributed by atoms with E-state index in [0.717, 1.165) is 12.0 Å². The molecule has 3 aliphatic heterocycles. The quantitative estimate of drug-likeness (QED) is 0.370. The van der Waals surface area contributed by atoms with E-state index in [1.54, 1.807) is 12.3 Å². The van der Waals surface area contributed by atoms with E-state index in [2.05, 4.69) is 20.9 Å². The van der Waals surface area contributed by atoms with Gasteiger partial charge in [-0.3, -0.25) is 29.0 Å². The minimum absolute atomic E-state index is 0.0296. The number of fused-ring (bicyclic) bond motifs is 4. The van der Waals surface area contributed by atoms with E-state index in [1.165, 1.54) is 34.9 Å². The fraction of sp³-hybridized carbons (Fsp3) is 0.559. The summed E-state index contributed by atoms with van der Waals surface area (Å²) in [7, 11) is 0. The van der Waals surface area contributed by atoms with Crippen LogP contribution in [0.1, 0.15) is 80.5 Å². The first kappa shape index (κ1) is 35.7. The number of Topliss-reactive ketones (excluding diaryl/α,β-unsaturated/α-hetero) is 1. The number of nitrogens with one attached hydrogen (secondary N) is 3. The first-order valence-electron chi connectivity index (χ1n) is 16.6. The smallest absolute Gasteiger partial charge is 0.271 e. The van der Waals surface area contributed by atoms with Gasteiger partial charge in [-0.2, -0.15) is 0 Å². The van der Waals surface area contributed by atoms with Crippen LogP contribution in [-0.4, -0.2) is 92.0 Å². The van der Waals surface area contributed by atoms with E-state index in [0.29, 0.717) is 35.2 Å². The number of amides is 4. The SMILES string of the molecule is CC[C@H](C)C1CC(=O)[C@H]([C@@H](C)O)NC(=O)[C@@H]2CCCN2C(=O)[C@H](Cc2ccccc2)NC(=O)c2csc(n2)[C@@H](C)NC(=O)[C@@H]2CSC1=N2. The molecule has 5 rings (SSSR count). The Morgan fingerprint density at radius 2 is 1.79 bits per heavy atom. The summed E-state index contributed by atoms with van der Waals surface area (Å²) >= 11 is 2.68. The van der Waals surface area contributed by atoms with Crippen molar-refractivity contribution >= 4 is 57.6 Å².